The number of methoxy groups -OCH3 is 2. The van der Waals surface area contributed by atoms with E-state index >= 15 is 0 Å². The van der Waals surface area contributed by atoms with Crippen LogP contribution >= 0.6 is 11.6 Å². The Morgan fingerprint density at radius 2 is 1.95 bits per heavy atom. The summed E-state index contributed by atoms with van der Waals surface area (Å²) in [6, 6.07) is 0.883. The number of amides is 1. The van der Waals surface area contributed by atoms with Gasteiger partial charge in [0.2, 0.25) is 5.91 Å². The second-order valence-corrected chi connectivity index (χ2v) is 9.34. The van der Waals surface area contributed by atoms with E-state index in [1.54, 1.807) is 15.7 Å². The molecule has 1 aliphatic heterocycles. The first kappa shape index (κ1) is 27.2. The number of carbonyl (C=O) groups excluding carboxylic acids is 1. The van der Waals surface area contributed by atoms with Crippen molar-refractivity contribution in [2.45, 2.75) is 12.5 Å². The zero-order chi connectivity index (χ0) is 27.6. The van der Waals surface area contributed by atoms with E-state index in [2.05, 4.69) is 21.9 Å². The van der Waals surface area contributed by atoms with Crippen LogP contribution in [0.4, 0.5) is 14.6 Å². The predicted molar refractivity (Wildman–Crippen MR) is 140 cm³/mol. The maximum atomic E-state index is 14.9. The normalized spacial score (nSPS) is 15.4. The van der Waals surface area contributed by atoms with Gasteiger partial charge in [0.15, 0.2) is 23.1 Å². The Bertz CT molecular complexity index is 1450. The maximum Gasteiger partial charge on any atom is 0.246 e. The van der Waals surface area contributed by atoms with Gasteiger partial charge in [0.1, 0.15) is 17.1 Å². The van der Waals surface area contributed by atoms with Crippen molar-refractivity contribution < 1.29 is 23.0 Å². The van der Waals surface area contributed by atoms with E-state index in [4.69, 9.17) is 26.8 Å². The molecule has 0 spiro atoms. The van der Waals surface area contributed by atoms with E-state index in [0.717, 1.165) is 6.07 Å². The number of benzene rings is 1. The molecule has 200 valence electrons. The third kappa shape index (κ3) is 5.23. The molecule has 2 N–H and O–H groups in total. The number of fused-ring (bicyclic) bond motifs is 1. The summed E-state index contributed by atoms with van der Waals surface area (Å²) in [6.07, 6.45) is 5.39. The van der Waals surface area contributed by atoms with E-state index in [0.29, 0.717) is 37.0 Å². The lowest BCUT2D eigenvalue weighted by Gasteiger charge is -2.16. The Hall–Kier alpha value is -3.88. The largest absolute Gasteiger partial charge is 0.493 e. The van der Waals surface area contributed by atoms with Crippen LogP contribution in [0.3, 0.4) is 0 Å². The van der Waals surface area contributed by atoms with Gasteiger partial charge in [-0.1, -0.05) is 23.6 Å². The summed E-state index contributed by atoms with van der Waals surface area (Å²) in [5.74, 6) is 2.86. The number of hydrogen-bond acceptors (Lipinski definition) is 7. The molecular formula is C26H27ClF2N6O3. The molecule has 1 fully saturated rings. The lowest BCUT2D eigenvalue weighted by atomic mass is 10.1. The molecule has 1 saturated heterocycles. The molecule has 9 nitrogen and oxygen atoms in total. The second-order valence-electron chi connectivity index (χ2n) is 8.93. The topological polar surface area (TPSA) is 98.7 Å². The predicted octanol–water partition coefficient (Wildman–Crippen LogP) is 3.25. The molecule has 3 aromatic rings. The molecule has 4 rings (SSSR count). The van der Waals surface area contributed by atoms with Gasteiger partial charge in [-0.15, -0.1) is 0 Å². The minimum absolute atomic E-state index is 0.101. The summed E-state index contributed by atoms with van der Waals surface area (Å²) >= 11 is 6.49. The number of likely N-dealkylation sites (N-methyl/N-ethyl adjacent to an activating group) is 1. The average molecular weight is 545 g/mol. The van der Waals surface area contributed by atoms with Gasteiger partial charge in [0.25, 0.3) is 0 Å². The van der Waals surface area contributed by atoms with Crippen LogP contribution in [0.25, 0.3) is 10.9 Å². The number of hydrogen-bond donors (Lipinski definition) is 1. The molecule has 2 aromatic heterocycles. The third-order valence-corrected chi connectivity index (χ3v) is 6.42. The third-order valence-electron chi connectivity index (χ3n) is 6.14. The summed E-state index contributed by atoms with van der Waals surface area (Å²) < 4.78 is 41.3. The summed E-state index contributed by atoms with van der Waals surface area (Å²) in [6.45, 7) is 1.57. The van der Waals surface area contributed by atoms with Crippen molar-refractivity contribution >= 4 is 34.2 Å². The number of pyridine rings is 1. The maximum absolute atomic E-state index is 14.9. The lowest BCUT2D eigenvalue weighted by molar-refractivity contribution is -0.125. The van der Waals surface area contributed by atoms with Crippen molar-refractivity contribution in [3.63, 3.8) is 0 Å². The summed E-state index contributed by atoms with van der Waals surface area (Å²) in [7, 11) is 6.35. The smallest absolute Gasteiger partial charge is 0.246 e. The highest BCUT2D eigenvalue weighted by molar-refractivity contribution is 6.35. The van der Waals surface area contributed by atoms with Crippen LogP contribution in [0.15, 0.2) is 24.4 Å². The van der Waals surface area contributed by atoms with Crippen molar-refractivity contribution in [1.82, 2.24) is 24.6 Å². The molecule has 1 aliphatic rings. The number of ether oxygens (including phenoxy) is 2. The quantitative estimate of drug-likeness (QED) is 0.376. The second kappa shape index (κ2) is 11.2. The first-order valence-corrected chi connectivity index (χ1v) is 12.1. The van der Waals surface area contributed by atoms with Gasteiger partial charge in [0, 0.05) is 31.8 Å². The van der Waals surface area contributed by atoms with Gasteiger partial charge in [-0.05, 0) is 26.4 Å². The van der Waals surface area contributed by atoms with Crippen LogP contribution < -0.4 is 15.2 Å². The summed E-state index contributed by atoms with van der Waals surface area (Å²) in [4.78, 5) is 20.4. The molecule has 12 heteroatoms. The number of rotatable bonds is 6. The van der Waals surface area contributed by atoms with Crippen LogP contribution in [0.5, 0.6) is 11.5 Å². The van der Waals surface area contributed by atoms with Crippen LogP contribution in [0.1, 0.15) is 23.7 Å². The minimum Gasteiger partial charge on any atom is -0.493 e. The minimum atomic E-state index is -0.974. The Labute approximate surface area is 223 Å². The van der Waals surface area contributed by atoms with E-state index in [9.17, 15) is 13.6 Å². The fourth-order valence-corrected chi connectivity index (χ4v) is 4.47. The van der Waals surface area contributed by atoms with Crippen molar-refractivity contribution in [3.05, 3.63) is 52.3 Å². The molecule has 0 aliphatic carbocycles. The zero-order valence-corrected chi connectivity index (χ0v) is 22.1. The zero-order valence-electron chi connectivity index (χ0n) is 21.4. The van der Waals surface area contributed by atoms with Gasteiger partial charge < -0.3 is 25.0 Å². The molecule has 3 heterocycles. The summed E-state index contributed by atoms with van der Waals surface area (Å²) in [5, 5.41) is 5.24. The fraction of sp³-hybridized carbons (Fsp3) is 0.346. The van der Waals surface area contributed by atoms with Gasteiger partial charge >= 0.3 is 0 Å². The van der Waals surface area contributed by atoms with Gasteiger partial charge in [0.05, 0.1) is 42.4 Å². The van der Waals surface area contributed by atoms with Crippen LogP contribution in [0.2, 0.25) is 5.02 Å². The highest BCUT2D eigenvalue weighted by Gasteiger charge is 2.30. The van der Waals surface area contributed by atoms with Crippen molar-refractivity contribution in [2.24, 2.45) is 0 Å². The first-order valence-electron chi connectivity index (χ1n) is 11.7. The standard InChI is InChI=1S/C26H27ClF2N6O3/c1-33(2)10-5-6-21(36)34-11-9-15(14-34)35-25-17(27)13-31-26(30)22(25)18(32-35)8-7-16-23(28)19(37-3)12-20(38-4)24(16)29/h5-6,12-13,15H,9-11,14H2,1-4H3,(H2,30,31)/b6-5+/t15-/m0/s1. The van der Waals surface area contributed by atoms with E-state index in [1.807, 2.05) is 25.1 Å². The first-order chi connectivity index (χ1) is 18.2. The van der Waals surface area contributed by atoms with Gasteiger partial charge in [-0.3, -0.25) is 9.48 Å². The van der Waals surface area contributed by atoms with Gasteiger partial charge in [-0.2, -0.15) is 5.10 Å². The van der Waals surface area contributed by atoms with Crippen LogP contribution in [-0.2, 0) is 4.79 Å². The highest BCUT2D eigenvalue weighted by atomic mass is 35.5. The molecule has 1 amide bonds. The Morgan fingerprint density at radius 3 is 2.58 bits per heavy atom. The Kier molecular flexibility index (Phi) is 8.04. The van der Waals surface area contributed by atoms with Crippen LogP contribution in [0, 0.1) is 23.5 Å². The van der Waals surface area contributed by atoms with E-state index in [-0.39, 0.29) is 40.0 Å². The highest BCUT2D eigenvalue weighted by Crippen LogP contribution is 2.34. The lowest BCUT2D eigenvalue weighted by Crippen LogP contribution is -2.27. The van der Waals surface area contributed by atoms with Crippen molar-refractivity contribution in [2.75, 3.05) is 53.7 Å². The van der Waals surface area contributed by atoms with E-state index < -0.39 is 17.2 Å². The Morgan fingerprint density at radius 1 is 1.26 bits per heavy atom. The number of aromatic nitrogens is 3. The molecule has 38 heavy (non-hydrogen) atoms. The van der Waals surface area contributed by atoms with E-state index in [1.165, 1.54) is 20.4 Å². The van der Waals surface area contributed by atoms with Gasteiger partial charge in [-0.25, -0.2) is 13.8 Å². The fourth-order valence-electron chi connectivity index (χ4n) is 4.24. The summed E-state index contributed by atoms with van der Waals surface area (Å²) in [5.41, 5.74) is 6.24. The molecular weight excluding hydrogens is 518 g/mol. The molecule has 1 aromatic carbocycles. The Balaban J connectivity index is 1.74. The number of nitrogens with two attached hydrogens (primary N) is 1. The number of anilines is 1. The van der Waals surface area contributed by atoms with Crippen molar-refractivity contribution in [1.29, 1.82) is 0 Å². The molecule has 0 saturated carbocycles. The SMILES string of the molecule is COc1cc(OC)c(F)c(C#Cc2nn([C@H]3CCN(C(=O)/C=C/CN(C)C)C3)c3c(Cl)cnc(N)c23)c1F. The molecule has 1 atom stereocenters. The molecule has 0 unspecified atom stereocenters. The number of nitrogen functional groups attached to an aromatic ring is 1. The number of likely N-dealkylation sites (tertiary alicyclic amines) is 1. The molecule has 0 radical (unpaired) electrons. The number of nitrogens with zero attached hydrogens (tertiary/aromatic N) is 5. The monoisotopic (exact) mass is 544 g/mol. The molecule has 0 bridgehead atoms. The van der Waals surface area contributed by atoms with Crippen molar-refractivity contribution in [3.8, 4) is 23.3 Å². The average Bonchev–Trinajstić information content (AvgIpc) is 3.52. The number of carbonyl (C=O) groups is 1. The number of halogens is 3. The van der Waals surface area contributed by atoms with Crippen LogP contribution in [-0.4, -0.2) is 78.4 Å².